The van der Waals surface area contributed by atoms with Crippen molar-refractivity contribution in [1.29, 1.82) is 0 Å². The van der Waals surface area contributed by atoms with Gasteiger partial charge in [-0.25, -0.2) is 4.39 Å². The molecule has 0 amide bonds. The van der Waals surface area contributed by atoms with Gasteiger partial charge in [-0.15, -0.1) is 0 Å². The third-order valence-electron chi connectivity index (χ3n) is 4.51. The Labute approximate surface area is 153 Å². The van der Waals surface area contributed by atoms with Crippen LogP contribution in [0.25, 0.3) is 11.1 Å². The molecular weight excluding hydrogens is 428 g/mol. The fourth-order valence-electron chi connectivity index (χ4n) is 3.22. The number of alkyl halides is 3. The van der Waals surface area contributed by atoms with Crippen molar-refractivity contribution in [3.05, 3.63) is 53.8 Å². The molecule has 0 aliphatic heterocycles. The Hall–Kier alpha value is -1.24. The summed E-state index contributed by atoms with van der Waals surface area (Å²) in [5.41, 5.74) is 2.18. The van der Waals surface area contributed by atoms with Crippen LogP contribution >= 0.6 is 22.6 Å². The maximum atomic E-state index is 14.5. The summed E-state index contributed by atoms with van der Waals surface area (Å²) in [6.07, 6.45) is 4.57. The van der Waals surface area contributed by atoms with E-state index in [9.17, 15) is 13.2 Å². The molecular formula is C19H18F3IO. The summed E-state index contributed by atoms with van der Waals surface area (Å²) in [5, 5.41) is 0. The fraction of sp³-hybridized carbons (Fsp3) is 0.368. The van der Waals surface area contributed by atoms with Gasteiger partial charge in [-0.05, 0) is 60.9 Å². The third kappa shape index (κ3) is 4.23. The topological polar surface area (TPSA) is 9.23 Å². The zero-order valence-corrected chi connectivity index (χ0v) is 15.2. The Balaban J connectivity index is 1.77. The summed E-state index contributed by atoms with van der Waals surface area (Å²) >= 11 is 2.48. The van der Waals surface area contributed by atoms with E-state index in [0.29, 0.717) is 17.0 Å². The number of benzene rings is 2. The Kier molecular flexibility index (Phi) is 5.69. The Morgan fingerprint density at radius 1 is 0.958 bits per heavy atom. The maximum absolute atomic E-state index is 14.5. The van der Waals surface area contributed by atoms with Crippen LogP contribution in [0.1, 0.15) is 37.2 Å². The number of halogens is 4. The van der Waals surface area contributed by atoms with Gasteiger partial charge in [0.25, 0.3) is 0 Å². The van der Waals surface area contributed by atoms with Crippen LogP contribution in [0, 0.1) is 5.82 Å². The molecule has 1 aliphatic carbocycles. The summed E-state index contributed by atoms with van der Waals surface area (Å²) in [6.45, 7) is -2.86. The van der Waals surface area contributed by atoms with Gasteiger partial charge < -0.3 is 4.74 Å². The van der Waals surface area contributed by atoms with Gasteiger partial charge in [0.2, 0.25) is 0 Å². The van der Waals surface area contributed by atoms with E-state index < -0.39 is 6.61 Å². The molecule has 2 aromatic rings. The second-order valence-electron chi connectivity index (χ2n) is 6.09. The van der Waals surface area contributed by atoms with Crippen molar-refractivity contribution in [3.63, 3.8) is 0 Å². The molecule has 5 heteroatoms. The number of rotatable bonds is 4. The highest BCUT2D eigenvalue weighted by Crippen LogP contribution is 2.37. The summed E-state index contributed by atoms with van der Waals surface area (Å²) in [7, 11) is 0. The van der Waals surface area contributed by atoms with E-state index in [1.165, 1.54) is 25.0 Å². The van der Waals surface area contributed by atoms with Gasteiger partial charge in [-0.3, -0.25) is 0 Å². The molecule has 1 nitrogen and oxygen atoms in total. The van der Waals surface area contributed by atoms with Crippen LogP contribution in [0.3, 0.4) is 0 Å². The van der Waals surface area contributed by atoms with Crippen molar-refractivity contribution in [2.45, 2.75) is 42.1 Å². The van der Waals surface area contributed by atoms with Crippen molar-refractivity contribution >= 4 is 22.6 Å². The highest BCUT2D eigenvalue weighted by atomic mass is 127. The highest BCUT2D eigenvalue weighted by Gasteiger charge is 2.21. The maximum Gasteiger partial charge on any atom is 0.387 e. The van der Waals surface area contributed by atoms with Gasteiger partial charge >= 0.3 is 6.61 Å². The average Bonchev–Trinajstić information content (AvgIpc) is 2.56. The van der Waals surface area contributed by atoms with Gasteiger partial charge in [0.1, 0.15) is 11.6 Å². The van der Waals surface area contributed by atoms with Gasteiger partial charge in [-0.1, -0.05) is 46.9 Å². The highest BCUT2D eigenvalue weighted by molar-refractivity contribution is 14.1. The number of ether oxygens (including phenoxy) is 1. The fourth-order valence-corrected chi connectivity index (χ4v) is 3.94. The predicted octanol–water partition coefficient (Wildman–Crippen LogP) is 6.56. The first-order valence-corrected chi connectivity index (χ1v) is 9.26. The average molecular weight is 446 g/mol. The van der Waals surface area contributed by atoms with E-state index in [4.69, 9.17) is 0 Å². The van der Waals surface area contributed by atoms with Crippen LogP contribution < -0.4 is 4.74 Å². The van der Waals surface area contributed by atoms with Crippen molar-refractivity contribution in [3.8, 4) is 16.9 Å². The zero-order chi connectivity index (χ0) is 17.1. The van der Waals surface area contributed by atoms with Crippen LogP contribution in [0.15, 0.2) is 42.5 Å². The molecule has 0 unspecified atom stereocenters. The molecule has 1 saturated carbocycles. The largest absolute Gasteiger partial charge is 0.435 e. The predicted molar refractivity (Wildman–Crippen MR) is 97.5 cm³/mol. The molecule has 0 heterocycles. The molecule has 1 fully saturated rings. The van der Waals surface area contributed by atoms with Crippen molar-refractivity contribution < 1.29 is 17.9 Å². The molecule has 0 bridgehead atoms. The second-order valence-corrected chi connectivity index (χ2v) is 7.85. The molecule has 0 saturated heterocycles. The quantitative estimate of drug-likeness (QED) is 0.382. The van der Waals surface area contributed by atoms with E-state index >= 15 is 0 Å². The molecule has 0 N–H and O–H groups in total. The van der Waals surface area contributed by atoms with Crippen LogP contribution in [-0.2, 0) is 0 Å². The van der Waals surface area contributed by atoms with Crippen molar-refractivity contribution in [2.24, 2.45) is 0 Å². The van der Waals surface area contributed by atoms with Crippen LogP contribution in [0.4, 0.5) is 13.2 Å². The molecule has 24 heavy (non-hydrogen) atoms. The lowest BCUT2D eigenvalue weighted by molar-refractivity contribution is -0.0498. The lowest BCUT2D eigenvalue weighted by Gasteiger charge is -2.25. The first-order chi connectivity index (χ1) is 11.5. The Morgan fingerprint density at radius 3 is 2.21 bits per heavy atom. The first kappa shape index (κ1) is 17.6. The van der Waals surface area contributed by atoms with Crippen molar-refractivity contribution in [1.82, 2.24) is 0 Å². The smallest absolute Gasteiger partial charge is 0.387 e. The van der Waals surface area contributed by atoms with Gasteiger partial charge in [0.05, 0.1) is 0 Å². The SMILES string of the molecule is Fc1cc(C2CCC(I)CC2)ccc1-c1ccc(OC(F)F)cc1. The second kappa shape index (κ2) is 7.76. The zero-order valence-electron chi connectivity index (χ0n) is 13.0. The monoisotopic (exact) mass is 446 g/mol. The molecule has 1 aliphatic rings. The molecule has 0 spiro atoms. The van der Waals surface area contributed by atoms with Crippen LogP contribution in [0.2, 0.25) is 0 Å². The van der Waals surface area contributed by atoms with E-state index in [1.54, 1.807) is 24.3 Å². The summed E-state index contributed by atoms with van der Waals surface area (Å²) in [6, 6.07) is 11.4. The van der Waals surface area contributed by atoms with Gasteiger partial charge in [-0.2, -0.15) is 8.78 Å². The van der Waals surface area contributed by atoms with Crippen molar-refractivity contribution in [2.75, 3.05) is 0 Å². The lowest BCUT2D eigenvalue weighted by Crippen LogP contribution is -2.12. The first-order valence-electron chi connectivity index (χ1n) is 8.01. The Morgan fingerprint density at radius 2 is 1.62 bits per heavy atom. The molecule has 0 aromatic heterocycles. The van der Waals surface area contributed by atoms with Gasteiger partial charge in [0, 0.05) is 9.49 Å². The van der Waals surface area contributed by atoms with E-state index in [-0.39, 0.29) is 11.6 Å². The van der Waals surface area contributed by atoms with Crippen LogP contribution in [-0.4, -0.2) is 10.5 Å². The number of hydrogen-bond donors (Lipinski definition) is 0. The molecule has 0 atom stereocenters. The minimum absolute atomic E-state index is 0.0707. The standard InChI is InChI=1S/C19H18F3IO/c20-18-11-14(12-1-6-15(23)7-2-12)5-10-17(18)13-3-8-16(9-4-13)24-19(21)22/h3-5,8-12,15,19H,1-2,6-7H2. The Bertz CT molecular complexity index is 680. The molecule has 2 aromatic carbocycles. The van der Waals surface area contributed by atoms with E-state index in [0.717, 1.165) is 22.3 Å². The summed E-state index contributed by atoms with van der Waals surface area (Å²) in [5.74, 6) is 0.231. The normalized spacial score (nSPS) is 21.0. The lowest BCUT2D eigenvalue weighted by atomic mass is 9.83. The van der Waals surface area contributed by atoms with Gasteiger partial charge in [0.15, 0.2) is 0 Å². The summed E-state index contributed by atoms with van der Waals surface area (Å²) < 4.78 is 43.9. The number of hydrogen-bond acceptors (Lipinski definition) is 1. The third-order valence-corrected chi connectivity index (χ3v) is 5.76. The molecule has 3 rings (SSSR count). The minimum Gasteiger partial charge on any atom is -0.435 e. The molecule has 0 radical (unpaired) electrons. The summed E-state index contributed by atoms with van der Waals surface area (Å²) in [4.78, 5) is 0. The minimum atomic E-state index is -2.86. The van der Waals surface area contributed by atoms with Crippen LogP contribution in [0.5, 0.6) is 5.75 Å². The van der Waals surface area contributed by atoms with E-state index in [1.807, 2.05) is 6.07 Å². The van der Waals surface area contributed by atoms with E-state index in [2.05, 4.69) is 27.3 Å². The molecule has 128 valence electrons.